The highest BCUT2D eigenvalue weighted by atomic mass is 19.4. The van der Waals surface area contributed by atoms with Crippen molar-refractivity contribution in [3.05, 3.63) is 99.5 Å². The Morgan fingerprint density at radius 2 is 1.63 bits per heavy atom. The fourth-order valence-electron chi connectivity index (χ4n) is 3.34. The number of rotatable bonds is 4. The monoisotopic (exact) mass is 494 g/mol. The van der Waals surface area contributed by atoms with Crippen LogP contribution in [0.1, 0.15) is 22.4 Å². The van der Waals surface area contributed by atoms with Crippen LogP contribution in [0.5, 0.6) is 0 Å². The predicted octanol–water partition coefficient (Wildman–Crippen LogP) is 5.66. The molecule has 5 nitrogen and oxygen atoms in total. The molecule has 0 saturated carbocycles. The van der Waals surface area contributed by atoms with Gasteiger partial charge in [-0.3, -0.25) is 14.8 Å². The van der Waals surface area contributed by atoms with Crippen LogP contribution in [0.4, 0.5) is 30.7 Å². The molecular weight excluding hydrogens is 481 g/mol. The molecule has 0 amide bonds. The van der Waals surface area contributed by atoms with Gasteiger partial charge in [0.05, 0.1) is 28.1 Å². The molecule has 0 aliphatic heterocycles. The number of benzene rings is 1. The predicted molar refractivity (Wildman–Crippen MR) is 111 cm³/mol. The Morgan fingerprint density at radius 1 is 0.857 bits per heavy atom. The fraction of sp³-hybridized carbons (Fsp3) is 0.130. The standard InChI is InChI=1S/C23H13F7N4O/c24-20-12(9-14-3-1-2-8-31-14)4-6-15(23(28,29)30)19(20)21-33-17(10-18(35)34-21)16-7-5-13(11-32-16)22(25,26)27/h1-8,10-11H,9H2,(H,33,34,35). The van der Waals surface area contributed by atoms with Gasteiger partial charge < -0.3 is 4.98 Å². The number of alkyl halides is 6. The van der Waals surface area contributed by atoms with Gasteiger partial charge in [-0.05, 0) is 35.9 Å². The van der Waals surface area contributed by atoms with Gasteiger partial charge in [-0.1, -0.05) is 12.1 Å². The minimum Gasteiger partial charge on any atom is -0.306 e. The molecule has 12 heteroatoms. The number of nitrogens with one attached hydrogen (secondary N) is 1. The summed E-state index contributed by atoms with van der Waals surface area (Å²) in [6.45, 7) is 0. The van der Waals surface area contributed by atoms with Gasteiger partial charge in [0.2, 0.25) is 0 Å². The van der Waals surface area contributed by atoms with Crippen molar-refractivity contribution >= 4 is 0 Å². The second kappa shape index (κ2) is 8.93. The highest BCUT2D eigenvalue weighted by molar-refractivity contribution is 5.66. The van der Waals surface area contributed by atoms with Crippen LogP contribution in [0.3, 0.4) is 0 Å². The van der Waals surface area contributed by atoms with Crippen molar-refractivity contribution in [3.8, 4) is 22.8 Å². The van der Waals surface area contributed by atoms with Crippen LogP contribution in [-0.4, -0.2) is 19.9 Å². The van der Waals surface area contributed by atoms with Crippen molar-refractivity contribution in [1.82, 2.24) is 19.9 Å². The zero-order valence-electron chi connectivity index (χ0n) is 17.4. The molecule has 180 valence electrons. The van der Waals surface area contributed by atoms with Crippen molar-refractivity contribution in [2.45, 2.75) is 18.8 Å². The van der Waals surface area contributed by atoms with Gasteiger partial charge in [-0.15, -0.1) is 0 Å². The van der Waals surface area contributed by atoms with Crippen molar-refractivity contribution in [2.75, 3.05) is 0 Å². The molecule has 3 heterocycles. The zero-order valence-corrected chi connectivity index (χ0v) is 17.4. The molecule has 0 bridgehead atoms. The van der Waals surface area contributed by atoms with E-state index in [0.29, 0.717) is 24.0 Å². The van der Waals surface area contributed by atoms with Gasteiger partial charge in [0, 0.05) is 30.6 Å². The van der Waals surface area contributed by atoms with E-state index in [0.717, 1.165) is 18.2 Å². The molecule has 0 saturated heterocycles. The first kappa shape index (κ1) is 24.0. The van der Waals surface area contributed by atoms with Crippen molar-refractivity contribution in [3.63, 3.8) is 0 Å². The molecule has 35 heavy (non-hydrogen) atoms. The molecule has 1 aromatic carbocycles. The minimum atomic E-state index is -5.00. The maximum atomic E-state index is 15.5. The van der Waals surface area contributed by atoms with Crippen LogP contribution in [0.25, 0.3) is 22.8 Å². The number of hydrogen-bond acceptors (Lipinski definition) is 4. The number of hydrogen-bond donors (Lipinski definition) is 1. The molecule has 0 spiro atoms. The summed E-state index contributed by atoms with van der Waals surface area (Å²) in [5.41, 5.74) is -4.71. The Balaban J connectivity index is 1.86. The first-order valence-corrected chi connectivity index (χ1v) is 9.87. The van der Waals surface area contributed by atoms with Crippen LogP contribution in [0.2, 0.25) is 0 Å². The topological polar surface area (TPSA) is 71.5 Å². The van der Waals surface area contributed by atoms with E-state index in [-0.39, 0.29) is 23.4 Å². The van der Waals surface area contributed by atoms with E-state index in [2.05, 4.69) is 19.9 Å². The highest BCUT2D eigenvalue weighted by Crippen LogP contribution is 2.39. The van der Waals surface area contributed by atoms with Crippen molar-refractivity contribution in [2.24, 2.45) is 0 Å². The summed E-state index contributed by atoms with van der Waals surface area (Å²) in [6, 6.07) is 8.87. The summed E-state index contributed by atoms with van der Waals surface area (Å²) in [4.78, 5) is 25.8. The van der Waals surface area contributed by atoms with E-state index < -0.39 is 46.2 Å². The number of pyridine rings is 2. The van der Waals surface area contributed by atoms with Crippen molar-refractivity contribution < 1.29 is 30.7 Å². The van der Waals surface area contributed by atoms with Crippen LogP contribution in [0, 0.1) is 5.82 Å². The highest BCUT2D eigenvalue weighted by Gasteiger charge is 2.37. The lowest BCUT2D eigenvalue weighted by atomic mass is 9.98. The quantitative estimate of drug-likeness (QED) is 0.372. The Bertz CT molecular complexity index is 1410. The summed E-state index contributed by atoms with van der Waals surface area (Å²) in [5, 5.41) is 0. The molecule has 4 rings (SSSR count). The molecular formula is C23H13F7N4O. The van der Waals surface area contributed by atoms with Gasteiger partial charge >= 0.3 is 12.4 Å². The third-order valence-corrected chi connectivity index (χ3v) is 4.96. The Kier molecular flexibility index (Phi) is 6.14. The number of H-pyrrole nitrogens is 1. The number of halogens is 7. The van der Waals surface area contributed by atoms with E-state index in [9.17, 15) is 31.1 Å². The summed E-state index contributed by atoms with van der Waals surface area (Å²) in [5.74, 6) is -2.02. The van der Waals surface area contributed by atoms with Crippen LogP contribution in [0.15, 0.2) is 65.7 Å². The van der Waals surface area contributed by atoms with E-state index in [1.165, 1.54) is 6.20 Å². The third-order valence-electron chi connectivity index (χ3n) is 4.96. The Labute approximate surface area is 192 Å². The first-order chi connectivity index (χ1) is 16.4. The molecule has 0 aliphatic rings. The SMILES string of the molecule is O=c1cc(-c2ccc(C(F)(F)F)cn2)nc(-c2c(C(F)(F)F)ccc(Cc3ccccn3)c2F)[nH]1. The smallest absolute Gasteiger partial charge is 0.306 e. The zero-order chi connectivity index (χ0) is 25.4. The molecule has 1 N–H and O–H groups in total. The molecule has 0 radical (unpaired) electrons. The Morgan fingerprint density at radius 3 is 2.23 bits per heavy atom. The van der Waals surface area contributed by atoms with Gasteiger partial charge in [0.15, 0.2) is 0 Å². The summed E-state index contributed by atoms with van der Waals surface area (Å²) < 4.78 is 95.1. The fourth-order valence-corrected chi connectivity index (χ4v) is 3.34. The molecule has 0 atom stereocenters. The van der Waals surface area contributed by atoms with Gasteiger partial charge in [0.25, 0.3) is 5.56 Å². The lowest BCUT2D eigenvalue weighted by Gasteiger charge is -2.16. The van der Waals surface area contributed by atoms with Gasteiger partial charge in [-0.25, -0.2) is 9.37 Å². The van der Waals surface area contributed by atoms with Crippen molar-refractivity contribution in [1.29, 1.82) is 0 Å². The van der Waals surface area contributed by atoms with Crippen LogP contribution >= 0.6 is 0 Å². The van der Waals surface area contributed by atoms with Crippen LogP contribution in [-0.2, 0) is 18.8 Å². The van der Waals surface area contributed by atoms with E-state index >= 15 is 4.39 Å². The van der Waals surface area contributed by atoms with Gasteiger partial charge in [0.1, 0.15) is 11.6 Å². The summed E-state index contributed by atoms with van der Waals surface area (Å²) >= 11 is 0. The third kappa shape index (κ3) is 5.20. The largest absolute Gasteiger partial charge is 0.417 e. The van der Waals surface area contributed by atoms with Gasteiger partial charge in [-0.2, -0.15) is 26.3 Å². The number of nitrogens with zero attached hydrogens (tertiary/aromatic N) is 3. The van der Waals surface area contributed by atoms with E-state index in [1.807, 2.05) is 0 Å². The van der Waals surface area contributed by atoms with E-state index in [1.54, 1.807) is 18.2 Å². The summed E-state index contributed by atoms with van der Waals surface area (Å²) in [6.07, 6.45) is -7.87. The second-order valence-corrected chi connectivity index (χ2v) is 7.37. The molecule has 0 aliphatic carbocycles. The normalized spacial score (nSPS) is 12.1. The molecule has 3 aromatic heterocycles. The molecule has 0 unspecified atom stereocenters. The average Bonchev–Trinajstić information content (AvgIpc) is 2.79. The molecule has 0 fully saturated rings. The second-order valence-electron chi connectivity index (χ2n) is 7.37. The van der Waals surface area contributed by atoms with E-state index in [4.69, 9.17) is 0 Å². The summed E-state index contributed by atoms with van der Waals surface area (Å²) in [7, 11) is 0. The molecule has 4 aromatic rings. The average molecular weight is 494 g/mol. The maximum Gasteiger partial charge on any atom is 0.417 e. The number of aromatic nitrogens is 4. The lowest BCUT2D eigenvalue weighted by molar-refractivity contribution is -0.138. The maximum absolute atomic E-state index is 15.5. The Hall–Kier alpha value is -4.09. The van der Waals surface area contributed by atoms with Crippen LogP contribution < -0.4 is 5.56 Å². The minimum absolute atomic E-state index is 0.132. The number of aromatic amines is 1. The first-order valence-electron chi connectivity index (χ1n) is 9.87. The lowest BCUT2D eigenvalue weighted by Crippen LogP contribution is -2.15.